The van der Waals surface area contributed by atoms with Gasteiger partial charge in [-0.25, -0.2) is 4.98 Å². The van der Waals surface area contributed by atoms with Gasteiger partial charge in [-0.1, -0.05) is 41.7 Å². The van der Waals surface area contributed by atoms with E-state index < -0.39 is 17.6 Å². The van der Waals surface area contributed by atoms with Gasteiger partial charge in [0.1, 0.15) is 11.5 Å². The molecule has 172 valence electrons. The normalized spacial score (nSPS) is 11.8. The van der Waals surface area contributed by atoms with Gasteiger partial charge in [0.2, 0.25) is 0 Å². The van der Waals surface area contributed by atoms with Gasteiger partial charge in [0.25, 0.3) is 5.91 Å². The summed E-state index contributed by atoms with van der Waals surface area (Å²) in [5, 5.41) is 1.85. The molecule has 0 unspecified atom stereocenters. The van der Waals surface area contributed by atoms with Gasteiger partial charge in [0, 0.05) is 0 Å². The Balaban J connectivity index is 1.66. The van der Waals surface area contributed by atoms with Crippen LogP contribution in [0.5, 0.6) is 5.75 Å². The van der Waals surface area contributed by atoms with Gasteiger partial charge in [-0.05, 0) is 47.2 Å². The van der Waals surface area contributed by atoms with Gasteiger partial charge < -0.3 is 9.15 Å². The monoisotopic (exact) mass is 482 g/mol. The number of carbonyl (C=O) groups excluding carboxylic acids is 1. The molecule has 0 aliphatic rings. The van der Waals surface area contributed by atoms with Gasteiger partial charge >= 0.3 is 6.18 Å². The number of nitrogens with zero attached hydrogens (tertiary/aromatic N) is 2. The van der Waals surface area contributed by atoms with Crippen molar-refractivity contribution in [1.29, 1.82) is 0 Å². The Morgan fingerprint density at radius 2 is 1.82 bits per heavy atom. The number of benzene rings is 3. The van der Waals surface area contributed by atoms with Crippen molar-refractivity contribution in [2.24, 2.45) is 0 Å². The lowest BCUT2D eigenvalue weighted by Gasteiger charge is -2.20. The molecule has 0 fully saturated rings. The van der Waals surface area contributed by atoms with E-state index in [1.807, 2.05) is 24.3 Å². The third-order valence-electron chi connectivity index (χ3n) is 5.38. The van der Waals surface area contributed by atoms with Crippen LogP contribution in [0.25, 0.3) is 21.0 Å². The zero-order chi connectivity index (χ0) is 23.9. The maximum Gasteiger partial charge on any atom is 0.418 e. The van der Waals surface area contributed by atoms with Crippen molar-refractivity contribution < 1.29 is 27.1 Å². The fraction of sp³-hybridized carbons (Fsp3) is 0.120. The number of furan rings is 1. The molecule has 0 saturated heterocycles. The Kier molecular flexibility index (Phi) is 5.49. The fourth-order valence-electron chi connectivity index (χ4n) is 3.77. The van der Waals surface area contributed by atoms with Crippen molar-refractivity contribution in [3.8, 4) is 5.75 Å². The van der Waals surface area contributed by atoms with Gasteiger partial charge in [-0.15, -0.1) is 0 Å². The van der Waals surface area contributed by atoms with E-state index in [2.05, 4.69) is 4.98 Å². The van der Waals surface area contributed by atoms with Gasteiger partial charge in [-0.3, -0.25) is 9.69 Å². The van der Waals surface area contributed by atoms with Crippen LogP contribution in [0.1, 0.15) is 21.7 Å². The lowest BCUT2D eigenvalue weighted by atomic mass is 10.0. The number of ether oxygens (including phenoxy) is 1. The molecule has 3 aromatic carbocycles. The first-order valence-electron chi connectivity index (χ1n) is 10.2. The molecule has 0 aliphatic heterocycles. The van der Waals surface area contributed by atoms with E-state index in [9.17, 15) is 18.0 Å². The Morgan fingerprint density at radius 3 is 2.50 bits per heavy atom. The summed E-state index contributed by atoms with van der Waals surface area (Å²) in [6.07, 6.45) is -3.10. The Labute approximate surface area is 196 Å². The summed E-state index contributed by atoms with van der Waals surface area (Å²) in [6.45, 7) is -0.0109. The summed E-state index contributed by atoms with van der Waals surface area (Å²) in [5.74, 6) is 0.347. The van der Waals surface area contributed by atoms with Crippen LogP contribution >= 0.6 is 11.3 Å². The number of alkyl halides is 3. The second-order valence-electron chi connectivity index (χ2n) is 7.52. The molecule has 0 bridgehead atoms. The summed E-state index contributed by atoms with van der Waals surface area (Å²) in [6, 6.07) is 18.2. The number of methoxy groups -OCH3 is 1. The molecule has 2 aromatic heterocycles. The molecule has 0 spiro atoms. The van der Waals surface area contributed by atoms with Crippen LogP contribution < -0.4 is 9.64 Å². The first-order chi connectivity index (χ1) is 16.3. The molecule has 0 aliphatic carbocycles. The molecule has 0 atom stereocenters. The van der Waals surface area contributed by atoms with Crippen molar-refractivity contribution >= 4 is 43.4 Å². The molecule has 5 aromatic rings. The second-order valence-corrected chi connectivity index (χ2v) is 8.53. The minimum Gasteiger partial charge on any atom is -0.496 e. The number of thiazole rings is 1. The van der Waals surface area contributed by atoms with Crippen LogP contribution in [0.3, 0.4) is 0 Å². The number of amides is 1. The molecule has 5 nitrogen and oxygen atoms in total. The van der Waals surface area contributed by atoms with Crippen molar-refractivity contribution in [2.75, 3.05) is 12.0 Å². The SMILES string of the molecule is COc1cc2ccccc2cc1C(=O)N(Cc1ccco1)c1nc2c(C(F)(F)F)cccc2s1. The predicted octanol–water partition coefficient (Wildman–Crippen LogP) is 6.92. The molecule has 9 heteroatoms. The van der Waals surface area contributed by atoms with E-state index in [4.69, 9.17) is 9.15 Å². The van der Waals surface area contributed by atoms with Gasteiger partial charge in [0.15, 0.2) is 5.13 Å². The highest BCUT2D eigenvalue weighted by atomic mass is 32.1. The predicted molar refractivity (Wildman–Crippen MR) is 124 cm³/mol. The maximum atomic E-state index is 13.8. The summed E-state index contributed by atoms with van der Waals surface area (Å²) in [5.41, 5.74) is -0.776. The molecular weight excluding hydrogens is 465 g/mol. The van der Waals surface area contributed by atoms with Crippen molar-refractivity contribution in [1.82, 2.24) is 4.98 Å². The van der Waals surface area contributed by atoms with Crippen molar-refractivity contribution in [3.05, 3.63) is 89.9 Å². The highest BCUT2D eigenvalue weighted by Crippen LogP contribution is 2.39. The smallest absolute Gasteiger partial charge is 0.418 e. The first kappa shape index (κ1) is 22.0. The van der Waals surface area contributed by atoms with Crippen LogP contribution in [-0.2, 0) is 12.7 Å². The van der Waals surface area contributed by atoms with Gasteiger partial charge in [0.05, 0.1) is 41.3 Å². The number of para-hydroxylation sites is 1. The second kappa shape index (κ2) is 8.49. The minimum absolute atomic E-state index is 0.0109. The number of fused-ring (bicyclic) bond motifs is 2. The number of carbonyl (C=O) groups is 1. The number of anilines is 1. The highest BCUT2D eigenvalue weighted by molar-refractivity contribution is 7.22. The van der Waals surface area contributed by atoms with Crippen molar-refractivity contribution in [3.63, 3.8) is 0 Å². The summed E-state index contributed by atoms with van der Waals surface area (Å²) < 4.78 is 51.9. The van der Waals surface area contributed by atoms with E-state index in [0.29, 0.717) is 16.2 Å². The third-order valence-corrected chi connectivity index (χ3v) is 6.43. The number of aromatic nitrogens is 1. The largest absolute Gasteiger partial charge is 0.496 e. The van der Waals surface area contributed by atoms with E-state index in [1.54, 1.807) is 30.3 Å². The number of halogens is 3. The molecule has 5 rings (SSSR count). The Bertz CT molecular complexity index is 1490. The van der Waals surface area contributed by atoms with E-state index in [1.165, 1.54) is 24.3 Å². The van der Waals surface area contributed by atoms with Gasteiger partial charge in [-0.2, -0.15) is 13.2 Å². The first-order valence-corrected chi connectivity index (χ1v) is 11.0. The molecule has 34 heavy (non-hydrogen) atoms. The topological polar surface area (TPSA) is 55.6 Å². The molecule has 0 saturated carbocycles. The molecule has 2 heterocycles. The average Bonchev–Trinajstić information content (AvgIpc) is 3.50. The molecule has 0 radical (unpaired) electrons. The van der Waals surface area contributed by atoms with Crippen LogP contribution in [0.2, 0.25) is 0 Å². The number of rotatable bonds is 5. The van der Waals surface area contributed by atoms with E-state index in [0.717, 1.165) is 28.2 Å². The Morgan fingerprint density at radius 1 is 1.06 bits per heavy atom. The zero-order valence-electron chi connectivity index (χ0n) is 17.8. The number of hydrogen-bond acceptors (Lipinski definition) is 5. The quantitative estimate of drug-likeness (QED) is 0.273. The lowest BCUT2D eigenvalue weighted by Crippen LogP contribution is -2.30. The van der Waals surface area contributed by atoms with Crippen LogP contribution in [0, 0.1) is 0 Å². The van der Waals surface area contributed by atoms with Crippen molar-refractivity contribution in [2.45, 2.75) is 12.7 Å². The summed E-state index contributed by atoms with van der Waals surface area (Å²) >= 11 is 1.01. The third kappa shape index (κ3) is 3.99. The van der Waals surface area contributed by atoms with E-state index >= 15 is 0 Å². The average molecular weight is 482 g/mol. The van der Waals surface area contributed by atoms with E-state index in [-0.39, 0.29) is 22.8 Å². The lowest BCUT2D eigenvalue weighted by molar-refractivity contribution is -0.136. The molecule has 1 amide bonds. The Hall–Kier alpha value is -3.85. The number of hydrogen-bond donors (Lipinski definition) is 0. The van der Waals surface area contributed by atoms with Crippen LogP contribution in [-0.4, -0.2) is 18.0 Å². The highest BCUT2D eigenvalue weighted by Gasteiger charge is 2.34. The fourth-order valence-corrected chi connectivity index (χ4v) is 4.76. The minimum atomic E-state index is -4.57. The molecule has 0 N–H and O–H groups in total. The molecular formula is C25H17F3N2O3S. The van der Waals surface area contributed by atoms with Crippen LogP contribution in [0.15, 0.2) is 77.4 Å². The summed E-state index contributed by atoms with van der Waals surface area (Å²) in [4.78, 5) is 19.4. The summed E-state index contributed by atoms with van der Waals surface area (Å²) in [7, 11) is 1.46. The standard InChI is InChI=1S/C25H17F3N2O3S/c1-32-20-13-16-7-3-2-6-15(16)12-18(20)23(31)30(14-17-8-5-11-33-17)24-29-22-19(25(26,27)28)9-4-10-21(22)34-24/h2-13H,14H2,1H3. The maximum absolute atomic E-state index is 13.8. The zero-order valence-corrected chi connectivity index (χ0v) is 18.6. The van der Waals surface area contributed by atoms with Crippen LogP contribution in [0.4, 0.5) is 18.3 Å².